The topological polar surface area (TPSA) is 69.2 Å². The number of hydrogen-bond acceptors (Lipinski definition) is 4. The number of nitrogens with zero attached hydrogens (tertiary/aromatic N) is 1. The van der Waals surface area contributed by atoms with Crippen LogP contribution in [0, 0.1) is 15.2 Å². The highest BCUT2D eigenvalue weighted by Gasteiger charge is 2.25. The molecule has 0 unspecified atom stereocenters. The van der Waals surface area contributed by atoms with Crippen LogP contribution < -0.4 is 5.73 Å². The molecule has 6 heteroatoms. The molecule has 0 spiro atoms. The Kier molecular flexibility index (Phi) is 4.57. The van der Waals surface area contributed by atoms with Crippen molar-refractivity contribution >= 4 is 22.7 Å². The van der Waals surface area contributed by atoms with E-state index in [0.717, 1.165) is 24.2 Å². The van der Waals surface area contributed by atoms with Crippen LogP contribution in [0.25, 0.3) is 10.4 Å². The monoisotopic (exact) mass is 308 g/mol. The van der Waals surface area contributed by atoms with Crippen LogP contribution in [0.3, 0.4) is 0 Å². The van der Waals surface area contributed by atoms with Gasteiger partial charge < -0.3 is 5.73 Å². The van der Waals surface area contributed by atoms with Crippen molar-refractivity contribution < 1.29 is 9.31 Å². The third kappa shape index (κ3) is 3.05. The predicted octanol–water partition coefficient (Wildman–Crippen LogP) is 4.95. The molecule has 0 fully saturated rings. The van der Waals surface area contributed by atoms with Crippen LogP contribution in [0.1, 0.15) is 38.2 Å². The summed E-state index contributed by atoms with van der Waals surface area (Å²) in [7, 11) is 0. The van der Waals surface area contributed by atoms with Gasteiger partial charge in [0.05, 0.1) is 4.92 Å². The molecule has 1 aromatic carbocycles. The van der Waals surface area contributed by atoms with Crippen molar-refractivity contribution in [2.24, 2.45) is 0 Å². The van der Waals surface area contributed by atoms with Crippen LogP contribution in [0.4, 0.5) is 15.8 Å². The minimum absolute atomic E-state index is 0.0535. The van der Waals surface area contributed by atoms with Crippen molar-refractivity contribution in [2.45, 2.75) is 32.6 Å². The van der Waals surface area contributed by atoms with Crippen molar-refractivity contribution in [3.05, 3.63) is 45.1 Å². The SMILES string of the molecule is CCC[C@@H](C)c1ccc(-c2ccc(F)s2)c(N)c1[N+](=O)[O-]. The summed E-state index contributed by atoms with van der Waals surface area (Å²) in [4.78, 5) is 11.6. The number of hydrogen-bond donors (Lipinski definition) is 1. The largest absolute Gasteiger partial charge is 0.393 e. The molecule has 21 heavy (non-hydrogen) atoms. The number of nitro groups is 1. The van der Waals surface area contributed by atoms with E-state index in [0.29, 0.717) is 16.0 Å². The molecule has 2 N–H and O–H groups in total. The molecule has 0 saturated carbocycles. The number of anilines is 1. The quantitative estimate of drug-likeness (QED) is 0.483. The number of rotatable bonds is 5. The number of thiophene rings is 1. The van der Waals surface area contributed by atoms with Gasteiger partial charge in [-0.3, -0.25) is 10.1 Å². The average Bonchev–Trinajstić information content (AvgIpc) is 2.84. The molecule has 0 aliphatic heterocycles. The Balaban J connectivity index is 2.58. The van der Waals surface area contributed by atoms with Gasteiger partial charge in [0.25, 0.3) is 5.69 Å². The van der Waals surface area contributed by atoms with E-state index in [1.807, 2.05) is 13.8 Å². The third-order valence-electron chi connectivity index (χ3n) is 3.52. The zero-order valence-corrected chi connectivity index (χ0v) is 12.7. The summed E-state index contributed by atoms with van der Waals surface area (Å²) in [6, 6.07) is 6.40. The first-order chi connectivity index (χ1) is 9.95. The molecule has 0 aliphatic carbocycles. The molecular formula is C15H17FN2O2S. The second-order valence-corrected chi connectivity index (χ2v) is 6.05. The lowest BCUT2D eigenvalue weighted by molar-refractivity contribution is -0.384. The van der Waals surface area contributed by atoms with E-state index in [1.54, 1.807) is 18.2 Å². The normalized spacial score (nSPS) is 12.3. The lowest BCUT2D eigenvalue weighted by Crippen LogP contribution is -2.05. The summed E-state index contributed by atoms with van der Waals surface area (Å²) < 4.78 is 13.2. The number of nitrogen functional groups attached to an aromatic ring is 1. The Morgan fingerprint density at radius 3 is 2.62 bits per heavy atom. The highest BCUT2D eigenvalue weighted by molar-refractivity contribution is 7.14. The van der Waals surface area contributed by atoms with Crippen LogP contribution in [0.5, 0.6) is 0 Å². The highest BCUT2D eigenvalue weighted by Crippen LogP contribution is 2.41. The van der Waals surface area contributed by atoms with Gasteiger partial charge in [-0.1, -0.05) is 32.4 Å². The Morgan fingerprint density at radius 1 is 1.38 bits per heavy atom. The maximum absolute atomic E-state index is 13.2. The van der Waals surface area contributed by atoms with Gasteiger partial charge in [0.1, 0.15) is 5.69 Å². The van der Waals surface area contributed by atoms with E-state index < -0.39 is 4.92 Å². The molecule has 1 heterocycles. The molecule has 0 saturated heterocycles. The molecule has 1 aromatic heterocycles. The fourth-order valence-electron chi connectivity index (χ4n) is 2.49. The fourth-order valence-corrected chi connectivity index (χ4v) is 3.26. The van der Waals surface area contributed by atoms with E-state index in [9.17, 15) is 14.5 Å². The van der Waals surface area contributed by atoms with E-state index in [1.165, 1.54) is 6.07 Å². The molecule has 4 nitrogen and oxygen atoms in total. The third-order valence-corrected chi connectivity index (χ3v) is 4.43. The second kappa shape index (κ2) is 6.22. The van der Waals surface area contributed by atoms with Crippen LogP contribution in [-0.2, 0) is 0 Å². The molecule has 2 aromatic rings. The summed E-state index contributed by atoms with van der Waals surface area (Å²) in [5, 5.41) is 11.1. The van der Waals surface area contributed by atoms with E-state index in [4.69, 9.17) is 5.73 Å². The standard InChI is InChI=1S/C15H17FN2O2S/c1-3-4-9(2)10-5-6-11(12-7-8-13(16)21-12)14(17)15(10)18(19)20/h5-9H,3-4,17H2,1-2H3/t9-/m1/s1. The number of halogens is 1. The van der Waals surface area contributed by atoms with E-state index in [2.05, 4.69) is 0 Å². The Labute approximate surface area is 126 Å². The lowest BCUT2D eigenvalue weighted by Gasteiger charge is -2.14. The van der Waals surface area contributed by atoms with Crippen molar-refractivity contribution in [1.29, 1.82) is 0 Å². The second-order valence-electron chi connectivity index (χ2n) is 5.02. The maximum atomic E-state index is 13.2. The lowest BCUT2D eigenvalue weighted by atomic mass is 9.92. The van der Waals surface area contributed by atoms with Gasteiger partial charge in [-0.05, 0) is 24.5 Å². The minimum Gasteiger partial charge on any atom is -0.393 e. The summed E-state index contributed by atoms with van der Waals surface area (Å²) in [6.07, 6.45) is 1.80. The summed E-state index contributed by atoms with van der Waals surface area (Å²) in [6.45, 7) is 3.99. The molecule has 0 bridgehead atoms. The summed E-state index contributed by atoms with van der Waals surface area (Å²) in [5.74, 6) is 0.0619. The molecular weight excluding hydrogens is 291 g/mol. The first-order valence-corrected chi connectivity index (χ1v) is 7.59. The zero-order valence-electron chi connectivity index (χ0n) is 11.9. The van der Waals surface area contributed by atoms with Gasteiger partial charge in [-0.15, -0.1) is 11.3 Å². The molecule has 112 valence electrons. The molecule has 1 atom stereocenters. The van der Waals surface area contributed by atoms with E-state index in [-0.39, 0.29) is 22.4 Å². The Bertz CT molecular complexity index is 670. The fraction of sp³-hybridized carbons (Fsp3) is 0.333. The maximum Gasteiger partial charge on any atom is 0.296 e. The van der Waals surface area contributed by atoms with Crippen LogP contribution in [-0.4, -0.2) is 4.92 Å². The molecule has 0 radical (unpaired) electrons. The van der Waals surface area contributed by atoms with Crippen LogP contribution in [0.15, 0.2) is 24.3 Å². The number of nitro benzene ring substituents is 1. The summed E-state index contributed by atoms with van der Waals surface area (Å²) >= 11 is 0.931. The first kappa shape index (κ1) is 15.4. The van der Waals surface area contributed by atoms with Crippen molar-refractivity contribution in [3.63, 3.8) is 0 Å². The Morgan fingerprint density at radius 2 is 2.10 bits per heavy atom. The van der Waals surface area contributed by atoms with Gasteiger partial charge in [0.2, 0.25) is 0 Å². The first-order valence-electron chi connectivity index (χ1n) is 6.78. The molecule has 0 amide bonds. The van der Waals surface area contributed by atoms with Crippen molar-refractivity contribution in [2.75, 3.05) is 5.73 Å². The number of nitrogens with two attached hydrogens (primary N) is 1. The van der Waals surface area contributed by atoms with Gasteiger partial charge >= 0.3 is 0 Å². The Hall–Kier alpha value is -1.95. The van der Waals surface area contributed by atoms with Crippen LogP contribution >= 0.6 is 11.3 Å². The predicted molar refractivity (Wildman–Crippen MR) is 84.1 cm³/mol. The molecule has 0 aliphatic rings. The molecule has 2 rings (SSSR count). The van der Waals surface area contributed by atoms with Crippen molar-refractivity contribution in [3.8, 4) is 10.4 Å². The number of benzene rings is 1. The van der Waals surface area contributed by atoms with Gasteiger partial charge in [-0.25, -0.2) is 0 Å². The van der Waals surface area contributed by atoms with Gasteiger partial charge in [-0.2, -0.15) is 4.39 Å². The van der Waals surface area contributed by atoms with E-state index >= 15 is 0 Å². The highest BCUT2D eigenvalue weighted by atomic mass is 32.1. The average molecular weight is 308 g/mol. The minimum atomic E-state index is -0.440. The van der Waals surface area contributed by atoms with Crippen molar-refractivity contribution in [1.82, 2.24) is 0 Å². The van der Waals surface area contributed by atoms with Gasteiger partial charge in [0.15, 0.2) is 5.13 Å². The van der Waals surface area contributed by atoms with Gasteiger partial charge in [0, 0.05) is 16.0 Å². The summed E-state index contributed by atoms with van der Waals surface area (Å²) in [5.41, 5.74) is 7.22. The zero-order chi connectivity index (χ0) is 15.6. The smallest absolute Gasteiger partial charge is 0.296 e. The van der Waals surface area contributed by atoms with Crippen LogP contribution in [0.2, 0.25) is 0 Å².